The number of furan rings is 2. The van der Waals surface area contributed by atoms with Crippen LogP contribution >= 0.6 is 15.9 Å². The molecule has 0 atom stereocenters. The van der Waals surface area contributed by atoms with Crippen molar-refractivity contribution in [3.8, 4) is 0 Å². The summed E-state index contributed by atoms with van der Waals surface area (Å²) in [6.07, 6.45) is 0. The zero-order valence-corrected chi connectivity index (χ0v) is 15.4. The number of amides is 2. The van der Waals surface area contributed by atoms with Gasteiger partial charge in [-0.15, -0.1) is 0 Å². The van der Waals surface area contributed by atoms with Gasteiger partial charge in [-0.3, -0.25) is 25.3 Å². The second kappa shape index (κ2) is 8.16. The van der Waals surface area contributed by atoms with Gasteiger partial charge in [-0.2, -0.15) is 0 Å². The summed E-state index contributed by atoms with van der Waals surface area (Å²) in [5, 5.41) is 0. The molecule has 2 rings (SSSR count). The molecular weight excluding hydrogens is 378 g/mol. The van der Waals surface area contributed by atoms with E-state index in [1.165, 1.54) is 0 Å². The molecule has 0 bridgehead atoms. The Kier molecular flexibility index (Phi) is 6.22. The van der Waals surface area contributed by atoms with Gasteiger partial charge in [0.2, 0.25) is 0 Å². The molecule has 8 heteroatoms. The molecule has 2 heterocycles. The molecule has 7 nitrogen and oxygen atoms in total. The van der Waals surface area contributed by atoms with Crippen LogP contribution in [0.5, 0.6) is 0 Å². The second-order valence-electron chi connectivity index (χ2n) is 5.20. The van der Waals surface area contributed by atoms with E-state index in [0.29, 0.717) is 22.5 Å². The molecule has 0 saturated carbocycles. The Labute approximate surface area is 148 Å². The molecule has 0 aliphatic rings. The van der Waals surface area contributed by atoms with Crippen molar-refractivity contribution in [2.75, 3.05) is 13.1 Å². The van der Waals surface area contributed by atoms with Gasteiger partial charge in [0.05, 0.1) is 6.54 Å². The molecular formula is C16H20BrN3O4. The minimum atomic E-state index is -0.540. The highest BCUT2D eigenvalue weighted by atomic mass is 79.9. The molecule has 0 fully saturated rings. The van der Waals surface area contributed by atoms with Gasteiger partial charge < -0.3 is 8.83 Å². The van der Waals surface area contributed by atoms with Crippen LogP contribution in [-0.2, 0) is 6.54 Å². The molecule has 2 N–H and O–H groups in total. The van der Waals surface area contributed by atoms with Crippen molar-refractivity contribution in [3.63, 3.8) is 0 Å². The van der Waals surface area contributed by atoms with Crippen molar-refractivity contribution in [3.05, 3.63) is 45.7 Å². The third-order valence-corrected chi connectivity index (χ3v) is 3.93. The monoisotopic (exact) mass is 397 g/mol. The summed E-state index contributed by atoms with van der Waals surface area (Å²) in [6.45, 7) is 8.28. The number of hydrogen-bond donors (Lipinski definition) is 2. The molecule has 0 saturated heterocycles. The topological polar surface area (TPSA) is 87.7 Å². The first-order valence-corrected chi connectivity index (χ1v) is 8.41. The lowest BCUT2D eigenvalue weighted by atomic mass is 10.3. The first kappa shape index (κ1) is 18.3. The van der Waals surface area contributed by atoms with Gasteiger partial charge in [-0.25, -0.2) is 0 Å². The van der Waals surface area contributed by atoms with Crippen LogP contribution in [0.3, 0.4) is 0 Å². The van der Waals surface area contributed by atoms with E-state index in [2.05, 4.69) is 45.5 Å². The first-order chi connectivity index (χ1) is 11.4. The number of hydrogen-bond acceptors (Lipinski definition) is 5. The SMILES string of the molecule is CCN(CC)Cc1ccc(C(=O)NNC(=O)c2oc(Br)cc2C)o1. The Bertz CT molecular complexity index is 719. The average Bonchev–Trinajstić information content (AvgIpc) is 3.16. The highest BCUT2D eigenvalue weighted by Crippen LogP contribution is 2.19. The number of aryl methyl sites for hydroxylation is 1. The van der Waals surface area contributed by atoms with Crippen molar-refractivity contribution in [1.29, 1.82) is 0 Å². The quantitative estimate of drug-likeness (QED) is 0.731. The molecule has 0 aliphatic heterocycles. The minimum Gasteiger partial charge on any atom is -0.454 e. The molecule has 0 spiro atoms. The van der Waals surface area contributed by atoms with Crippen LogP contribution in [0.2, 0.25) is 0 Å². The van der Waals surface area contributed by atoms with Crippen molar-refractivity contribution in [1.82, 2.24) is 15.8 Å². The predicted molar refractivity (Wildman–Crippen MR) is 91.4 cm³/mol. The molecule has 0 aliphatic carbocycles. The number of rotatable bonds is 6. The summed E-state index contributed by atoms with van der Waals surface area (Å²) in [5.74, 6) is -0.112. The molecule has 130 valence electrons. The summed E-state index contributed by atoms with van der Waals surface area (Å²) >= 11 is 3.15. The predicted octanol–water partition coefficient (Wildman–Crippen LogP) is 2.86. The lowest BCUT2D eigenvalue weighted by Gasteiger charge is -2.15. The number of carbonyl (C=O) groups excluding carboxylic acids is 2. The standard InChI is InChI=1S/C16H20BrN3O4/c1-4-20(5-2)9-11-6-7-12(23-11)15(21)18-19-16(22)14-10(3)8-13(17)24-14/h6-8H,4-5,9H2,1-3H3,(H,18,21)(H,19,22). The average molecular weight is 398 g/mol. The Morgan fingerprint density at radius 3 is 2.38 bits per heavy atom. The van der Waals surface area contributed by atoms with E-state index in [9.17, 15) is 9.59 Å². The van der Waals surface area contributed by atoms with Gasteiger partial charge in [0.1, 0.15) is 5.76 Å². The zero-order chi connectivity index (χ0) is 17.7. The Balaban J connectivity index is 1.92. The van der Waals surface area contributed by atoms with Gasteiger partial charge in [0, 0.05) is 5.56 Å². The van der Waals surface area contributed by atoms with Crippen LogP contribution in [0.15, 0.2) is 31.7 Å². The third-order valence-electron chi connectivity index (χ3n) is 3.54. The maximum Gasteiger partial charge on any atom is 0.305 e. The molecule has 2 aromatic rings. The maximum absolute atomic E-state index is 12.0. The molecule has 0 unspecified atom stereocenters. The first-order valence-electron chi connectivity index (χ1n) is 7.62. The highest BCUT2D eigenvalue weighted by molar-refractivity contribution is 9.10. The Hall–Kier alpha value is -2.06. The summed E-state index contributed by atoms with van der Waals surface area (Å²) < 4.78 is 11.2. The lowest BCUT2D eigenvalue weighted by molar-refractivity contribution is 0.0814. The fourth-order valence-corrected chi connectivity index (χ4v) is 2.66. The van der Waals surface area contributed by atoms with E-state index < -0.39 is 11.8 Å². The van der Waals surface area contributed by atoms with E-state index in [1.54, 1.807) is 25.1 Å². The van der Waals surface area contributed by atoms with Gasteiger partial charge in [0.15, 0.2) is 16.2 Å². The number of carbonyl (C=O) groups is 2. The number of nitrogens with one attached hydrogen (secondary N) is 2. The van der Waals surface area contributed by atoms with Gasteiger partial charge in [-0.1, -0.05) is 13.8 Å². The van der Waals surface area contributed by atoms with Gasteiger partial charge in [-0.05, 0) is 54.1 Å². The molecule has 24 heavy (non-hydrogen) atoms. The van der Waals surface area contributed by atoms with E-state index >= 15 is 0 Å². The lowest BCUT2D eigenvalue weighted by Crippen LogP contribution is -2.41. The normalized spacial score (nSPS) is 10.9. The van der Waals surface area contributed by atoms with E-state index in [-0.39, 0.29) is 11.5 Å². The van der Waals surface area contributed by atoms with Gasteiger partial charge in [0.25, 0.3) is 0 Å². The molecule has 2 aromatic heterocycles. The zero-order valence-electron chi connectivity index (χ0n) is 13.8. The third kappa shape index (κ3) is 4.48. The van der Waals surface area contributed by atoms with Crippen LogP contribution in [0.1, 0.15) is 46.3 Å². The summed E-state index contributed by atoms with van der Waals surface area (Å²) in [7, 11) is 0. The van der Waals surface area contributed by atoms with Crippen molar-refractivity contribution < 1.29 is 18.4 Å². The number of hydrazine groups is 1. The summed E-state index contributed by atoms with van der Waals surface area (Å²) in [4.78, 5) is 26.2. The fraction of sp³-hybridized carbons (Fsp3) is 0.375. The maximum atomic E-state index is 12.0. The van der Waals surface area contributed by atoms with Crippen LogP contribution in [-0.4, -0.2) is 29.8 Å². The highest BCUT2D eigenvalue weighted by Gasteiger charge is 2.17. The van der Waals surface area contributed by atoms with Crippen molar-refractivity contribution >= 4 is 27.7 Å². The molecule has 0 radical (unpaired) electrons. The van der Waals surface area contributed by atoms with Gasteiger partial charge >= 0.3 is 11.8 Å². The van der Waals surface area contributed by atoms with E-state index in [4.69, 9.17) is 8.83 Å². The van der Waals surface area contributed by atoms with Crippen molar-refractivity contribution in [2.24, 2.45) is 0 Å². The minimum absolute atomic E-state index is 0.129. The van der Waals surface area contributed by atoms with Crippen LogP contribution in [0.4, 0.5) is 0 Å². The Morgan fingerprint density at radius 2 is 1.79 bits per heavy atom. The number of halogens is 1. The van der Waals surface area contributed by atoms with Crippen molar-refractivity contribution in [2.45, 2.75) is 27.3 Å². The smallest absolute Gasteiger partial charge is 0.305 e. The van der Waals surface area contributed by atoms with Crippen LogP contribution in [0.25, 0.3) is 0 Å². The van der Waals surface area contributed by atoms with Crippen LogP contribution in [0, 0.1) is 6.92 Å². The summed E-state index contributed by atoms with van der Waals surface area (Å²) in [6, 6.07) is 5.00. The largest absolute Gasteiger partial charge is 0.454 e. The van der Waals surface area contributed by atoms with E-state index in [1.807, 2.05) is 0 Å². The Morgan fingerprint density at radius 1 is 1.12 bits per heavy atom. The molecule has 2 amide bonds. The van der Waals surface area contributed by atoms with E-state index in [0.717, 1.165) is 13.1 Å². The second-order valence-corrected chi connectivity index (χ2v) is 5.98. The fourth-order valence-electron chi connectivity index (χ4n) is 2.15. The molecule has 0 aromatic carbocycles. The summed E-state index contributed by atoms with van der Waals surface area (Å²) in [5.41, 5.74) is 5.27. The number of nitrogens with zero attached hydrogens (tertiary/aromatic N) is 1. The van der Waals surface area contributed by atoms with Crippen LogP contribution < -0.4 is 10.9 Å².